The molecule has 0 spiro atoms. The number of carbonyl (C=O) groups is 1. The molecule has 28 heavy (non-hydrogen) atoms. The predicted molar refractivity (Wildman–Crippen MR) is 104 cm³/mol. The second-order valence-electron chi connectivity index (χ2n) is 7.29. The van der Waals surface area contributed by atoms with Crippen molar-refractivity contribution in [3.63, 3.8) is 0 Å². The van der Waals surface area contributed by atoms with Crippen molar-refractivity contribution in [2.75, 3.05) is 19.7 Å². The number of halogens is 2. The van der Waals surface area contributed by atoms with E-state index < -0.39 is 6.04 Å². The first-order valence-corrected chi connectivity index (χ1v) is 10.0. The van der Waals surface area contributed by atoms with Gasteiger partial charge in [0.15, 0.2) is 5.75 Å². The Morgan fingerprint density at radius 1 is 1.21 bits per heavy atom. The third-order valence-corrected chi connectivity index (χ3v) is 5.81. The first-order valence-electron chi connectivity index (χ1n) is 9.64. The fourth-order valence-electron chi connectivity index (χ4n) is 4.00. The van der Waals surface area contributed by atoms with Gasteiger partial charge in [0.1, 0.15) is 11.9 Å². The first kappa shape index (κ1) is 19.0. The topological polar surface area (TPSA) is 51.5 Å². The third-order valence-electron chi connectivity index (χ3n) is 5.48. The molecule has 0 radical (unpaired) electrons. The van der Waals surface area contributed by atoms with Crippen LogP contribution >= 0.6 is 11.6 Å². The molecule has 3 heterocycles. The second kappa shape index (κ2) is 7.95. The number of nitrogens with zero attached hydrogens (tertiary/aromatic N) is 2. The van der Waals surface area contributed by atoms with Crippen molar-refractivity contribution in [1.82, 2.24) is 9.47 Å². The van der Waals surface area contributed by atoms with Crippen molar-refractivity contribution >= 4 is 17.5 Å². The first-order chi connectivity index (χ1) is 13.5. The van der Waals surface area contributed by atoms with E-state index in [4.69, 9.17) is 16.3 Å². The molecular formula is C21H22ClFN2O3. The Kier molecular flexibility index (Phi) is 5.40. The zero-order chi connectivity index (χ0) is 19.7. The fourth-order valence-corrected chi connectivity index (χ4v) is 4.29. The van der Waals surface area contributed by atoms with Crippen LogP contribution in [0.2, 0.25) is 5.02 Å². The molecule has 1 aromatic carbocycles. The molecule has 5 nitrogen and oxygen atoms in total. The van der Waals surface area contributed by atoms with Gasteiger partial charge in [0, 0.05) is 31.3 Å². The van der Waals surface area contributed by atoms with Crippen LogP contribution in [0.25, 0.3) is 0 Å². The molecule has 0 unspecified atom stereocenters. The van der Waals surface area contributed by atoms with E-state index in [9.17, 15) is 14.0 Å². The molecule has 1 atom stereocenters. The smallest absolute Gasteiger partial charge is 0.293 e. The van der Waals surface area contributed by atoms with E-state index in [1.165, 1.54) is 16.7 Å². The molecule has 1 saturated heterocycles. The highest BCUT2D eigenvalue weighted by molar-refractivity contribution is 6.31. The van der Waals surface area contributed by atoms with Crippen LogP contribution < -0.4 is 10.3 Å². The summed E-state index contributed by atoms with van der Waals surface area (Å²) in [5.41, 5.74) is 1.31. The summed E-state index contributed by atoms with van der Waals surface area (Å²) in [4.78, 5) is 27.7. The summed E-state index contributed by atoms with van der Waals surface area (Å²) in [6.45, 7) is 1.77. The average molecular weight is 405 g/mol. The van der Waals surface area contributed by atoms with Gasteiger partial charge in [0.2, 0.25) is 5.91 Å². The molecule has 7 heteroatoms. The fraction of sp³-hybridized carbons (Fsp3) is 0.429. The summed E-state index contributed by atoms with van der Waals surface area (Å²) in [6, 6.07) is 7.20. The maximum Gasteiger partial charge on any atom is 0.293 e. The van der Waals surface area contributed by atoms with Gasteiger partial charge in [0.25, 0.3) is 5.56 Å². The average Bonchev–Trinajstić information content (AvgIpc) is 3.37. The van der Waals surface area contributed by atoms with E-state index in [-0.39, 0.29) is 29.6 Å². The monoisotopic (exact) mass is 404 g/mol. The van der Waals surface area contributed by atoms with Crippen molar-refractivity contribution in [2.24, 2.45) is 0 Å². The summed E-state index contributed by atoms with van der Waals surface area (Å²) in [5.74, 6) is -0.142. The molecule has 4 rings (SSSR count). The van der Waals surface area contributed by atoms with E-state index in [0.717, 1.165) is 31.5 Å². The lowest BCUT2D eigenvalue weighted by Gasteiger charge is -2.22. The summed E-state index contributed by atoms with van der Waals surface area (Å²) in [6.07, 6.45) is 3.74. The minimum atomic E-state index is -0.501. The van der Waals surface area contributed by atoms with E-state index in [2.05, 4.69) is 0 Å². The van der Waals surface area contributed by atoms with Crippen LogP contribution in [-0.4, -0.2) is 35.1 Å². The standard InChI is InChI=1S/C21H22ClFN2O3/c22-16-13-19(28-12-9-14-3-5-15(23)6-4-14)21(27)25-17(16)7-8-18(25)20(26)24-10-1-2-11-24/h3-6,13,18H,1-2,7-12H2/t18-/m0/s1. The predicted octanol–water partition coefficient (Wildman–Crippen LogP) is 3.37. The lowest BCUT2D eigenvalue weighted by Crippen LogP contribution is -2.37. The van der Waals surface area contributed by atoms with Crippen molar-refractivity contribution in [3.05, 3.63) is 62.8 Å². The number of hydrogen-bond acceptors (Lipinski definition) is 3. The Labute approximate surface area is 167 Å². The van der Waals surface area contributed by atoms with Gasteiger partial charge >= 0.3 is 0 Å². The molecule has 0 N–H and O–H groups in total. The van der Waals surface area contributed by atoms with Crippen LogP contribution in [0.3, 0.4) is 0 Å². The maximum absolute atomic E-state index is 13.0. The van der Waals surface area contributed by atoms with E-state index in [1.54, 1.807) is 18.2 Å². The van der Waals surface area contributed by atoms with Crippen LogP contribution in [-0.2, 0) is 17.6 Å². The molecular weight excluding hydrogens is 383 g/mol. The molecule has 1 amide bonds. The number of ether oxygens (including phenoxy) is 1. The van der Waals surface area contributed by atoms with Gasteiger partial charge in [-0.05, 0) is 43.4 Å². The van der Waals surface area contributed by atoms with E-state index in [1.807, 2.05) is 4.90 Å². The lowest BCUT2D eigenvalue weighted by atomic mass is 10.2. The number of likely N-dealkylation sites (tertiary alicyclic amines) is 1. The van der Waals surface area contributed by atoms with Crippen molar-refractivity contribution in [3.8, 4) is 5.75 Å². The largest absolute Gasteiger partial charge is 0.488 e. The van der Waals surface area contributed by atoms with Crippen LogP contribution in [0, 0.1) is 5.82 Å². The number of carbonyl (C=O) groups excluding carboxylic acids is 1. The molecule has 2 aliphatic heterocycles. The number of rotatable bonds is 5. The number of benzene rings is 1. The molecule has 148 valence electrons. The van der Waals surface area contributed by atoms with Crippen LogP contribution in [0.15, 0.2) is 35.1 Å². The summed E-state index contributed by atoms with van der Waals surface area (Å²) < 4.78 is 20.2. The molecule has 0 bridgehead atoms. The normalized spacial score (nSPS) is 18.4. The van der Waals surface area contributed by atoms with Gasteiger partial charge in [-0.1, -0.05) is 23.7 Å². The summed E-state index contributed by atoms with van der Waals surface area (Å²) >= 11 is 6.38. The number of fused-ring (bicyclic) bond motifs is 1. The molecule has 1 aromatic heterocycles. The molecule has 0 saturated carbocycles. The van der Waals surface area contributed by atoms with E-state index in [0.29, 0.717) is 30.0 Å². The highest BCUT2D eigenvalue weighted by Gasteiger charge is 2.35. The molecule has 1 fully saturated rings. The van der Waals surface area contributed by atoms with Crippen molar-refractivity contribution < 1.29 is 13.9 Å². The quantitative estimate of drug-likeness (QED) is 0.767. The SMILES string of the molecule is O=C([C@@H]1CCc2c(Cl)cc(OCCc3ccc(F)cc3)c(=O)n21)N1CCCC1. The number of hydrogen-bond donors (Lipinski definition) is 0. The Morgan fingerprint density at radius 2 is 1.93 bits per heavy atom. The summed E-state index contributed by atoms with van der Waals surface area (Å²) in [5, 5.41) is 0.452. The van der Waals surface area contributed by atoms with Crippen LogP contribution in [0.5, 0.6) is 5.75 Å². The minimum absolute atomic E-state index is 0.00196. The van der Waals surface area contributed by atoms with Crippen molar-refractivity contribution in [2.45, 2.75) is 38.1 Å². The number of aromatic nitrogens is 1. The Hall–Kier alpha value is -2.34. The Morgan fingerprint density at radius 3 is 2.64 bits per heavy atom. The van der Waals surface area contributed by atoms with Gasteiger partial charge in [-0.3, -0.25) is 14.2 Å². The van der Waals surface area contributed by atoms with Gasteiger partial charge < -0.3 is 9.64 Å². The molecule has 0 aliphatic carbocycles. The third kappa shape index (κ3) is 3.65. The maximum atomic E-state index is 13.0. The van der Waals surface area contributed by atoms with E-state index >= 15 is 0 Å². The number of pyridine rings is 1. The molecule has 2 aromatic rings. The van der Waals surface area contributed by atoms with Gasteiger partial charge in [-0.25, -0.2) is 4.39 Å². The zero-order valence-electron chi connectivity index (χ0n) is 15.5. The van der Waals surface area contributed by atoms with Gasteiger partial charge in [-0.15, -0.1) is 0 Å². The Balaban J connectivity index is 1.52. The highest BCUT2D eigenvalue weighted by Crippen LogP contribution is 2.32. The van der Waals surface area contributed by atoms with Gasteiger partial charge in [0.05, 0.1) is 11.6 Å². The Bertz CT molecular complexity index is 936. The second-order valence-corrected chi connectivity index (χ2v) is 7.70. The van der Waals surface area contributed by atoms with Crippen LogP contribution in [0.4, 0.5) is 4.39 Å². The highest BCUT2D eigenvalue weighted by atomic mass is 35.5. The van der Waals surface area contributed by atoms with Crippen molar-refractivity contribution in [1.29, 1.82) is 0 Å². The lowest BCUT2D eigenvalue weighted by molar-refractivity contribution is -0.133. The van der Waals surface area contributed by atoms with Crippen LogP contribution in [0.1, 0.15) is 36.6 Å². The number of amides is 1. The zero-order valence-corrected chi connectivity index (χ0v) is 16.3. The van der Waals surface area contributed by atoms with Gasteiger partial charge in [-0.2, -0.15) is 0 Å². The molecule has 2 aliphatic rings. The summed E-state index contributed by atoms with van der Waals surface area (Å²) in [7, 11) is 0. The minimum Gasteiger partial charge on any atom is -0.488 e.